The molecule has 1 aliphatic heterocycles. The molecule has 1 radical (unpaired) electrons. The van der Waals surface area contributed by atoms with E-state index in [0.29, 0.717) is 5.41 Å². The van der Waals surface area contributed by atoms with E-state index >= 15 is 0 Å². The van der Waals surface area contributed by atoms with Gasteiger partial charge in [0.1, 0.15) is 0 Å². The molecule has 0 aromatic heterocycles. The number of fused-ring (bicyclic) bond motifs is 2. The molecular formula is C11H12N. The van der Waals surface area contributed by atoms with Crippen molar-refractivity contribution in [1.82, 2.24) is 5.32 Å². The smallest absolute Gasteiger partial charge is 0.0209 e. The average Bonchev–Trinajstić information content (AvgIpc) is 2.87. The highest BCUT2D eigenvalue weighted by Crippen LogP contribution is 2.50. The topological polar surface area (TPSA) is 12.0 Å². The van der Waals surface area contributed by atoms with Crippen LogP contribution in [-0.2, 0) is 12.0 Å². The van der Waals surface area contributed by atoms with Gasteiger partial charge in [0.15, 0.2) is 0 Å². The summed E-state index contributed by atoms with van der Waals surface area (Å²) in [6.07, 6.45) is 2.74. The zero-order chi connectivity index (χ0) is 8.02. The summed E-state index contributed by atoms with van der Waals surface area (Å²) in [5.41, 5.74) is 3.57. The van der Waals surface area contributed by atoms with Crippen molar-refractivity contribution in [3.63, 3.8) is 0 Å². The van der Waals surface area contributed by atoms with Gasteiger partial charge < -0.3 is 5.32 Å². The second kappa shape index (κ2) is 2.11. The van der Waals surface area contributed by atoms with Crippen LogP contribution in [-0.4, -0.2) is 6.54 Å². The molecule has 12 heavy (non-hydrogen) atoms. The standard InChI is InChI=1S/C11H12N/c1-2-4-10-9(3-1)7-12-8-11(10)5-6-11/h2-4,12H,5-8H2. The molecule has 0 saturated heterocycles. The third-order valence-electron chi connectivity index (χ3n) is 3.15. The summed E-state index contributed by atoms with van der Waals surface area (Å²) in [6, 6.07) is 9.57. The van der Waals surface area contributed by atoms with Crippen LogP contribution >= 0.6 is 0 Å². The summed E-state index contributed by atoms with van der Waals surface area (Å²) in [4.78, 5) is 0. The molecule has 1 heterocycles. The molecule has 0 amide bonds. The number of rotatable bonds is 0. The molecule has 61 valence electrons. The Morgan fingerprint density at radius 2 is 2.33 bits per heavy atom. The fraction of sp³-hybridized carbons (Fsp3) is 0.455. The summed E-state index contributed by atoms with van der Waals surface area (Å²) >= 11 is 0. The van der Waals surface area contributed by atoms with E-state index in [9.17, 15) is 0 Å². The zero-order valence-electron chi connectivity index (χ0n) is 7.06. The molecule has 0 unspecified atom stereocenters. The first kappa shape index (κ1) is 6.67. The maximum absolute atomic E-state index is 3.47. The molecule has 1 aromatic carbocycles. The second-order valence-electron chi connectivity index (χ2n) is 3.97. The van der Waals surface area contributed by atoms with Crippen molar-refractivity contribution in [3.8, 4) is 0 Å². The van der Waals surface area contributed by atoms with E-state index < -0.39 is 0 Å². The quantitative estimate of drug-likeness (QED) is 0.605. The van der Waals surface area contributed by atoms with Crippen LogP contribution in [0.5, 0.6) is 0 Å². The highest BCUT2D eigenvalue weighted by molar-refractivity contribution is 5.40. The van der Waals surface area contributed by atoms with Crippen LogP contribution in [0.4, 0.5) is 0 Å². The summed E-state index contributed by atoms with van der Waals surface area (Å²) in [5.74, 6) is 0. The fourth-order valence-corrected chi connectivity index (χ4v) is 2.26. The van der Waals surface area contributed by atoms with Gasteiger partial charge in [-0.1, -0.05) is 12.1 Å². The molecule has 1 nitrogen and oxygen atoms in total. The van der Waals surface area contributed by atoms with E-state index in [1.54, 1.807) is 5.56 Å². The van der Waals surface area contributed by atoms with Crippen molar-refractivity contribution >= 4 is 0 Å². The van der Waals surface area contributed by atoms with Crippen molar-refractivity contribution in [1.29, 1.82) is 0 Å². The van der Waals surface area contributed by atoms with Crippen LogP contribution in [0.1, 0.15) is 24.0 Å². The molecule has 0 atom stereocenters. The van der Waals surface area contributed by atoms with Gasteiger partial charge in [-0.05, 0) is 36.1 Å². The normalized spacial score (nSPS) is 23.7. The SMILES string of the molecule is [c]1ccc2c(c1)CNCC21CC1. The Kier molecular flexibility index (Phi) is 1.17. The molecule has 2 aliphatic rings. The molecular weight excluding hydrogens is 146 g/mol. The first-order valence-electron chi connectivity index (χ1n) is 4.61. The Balaban J connectivity index is 2.16. The van der Waals surface area contributed by atoms with Crippen molar-refractivity contribution in [2.75, 3.05) is 6.54 Å². The molecule has 3 rings (SSSR count). The van der Waals surface area contributed by atoms with E-state index in [2.05, 4.69) is 23.5 Å². The predicted octanol–water partition coefficient (Wildman–Crippen LogP) is 1.62. The van der Waals surface area contributed by atoms with Gasteiger partial charge in [0.25, 0.3) is 0 Å². The van der Waals surface area contributed by atoms with Gasteiger partial charge in [-0.2, -0.15) is 0 Å². The summed E-state index contributed by atoms with van der Waals surface area (Å²) in [5, 5.41) is 3.47. The maximum Gasteiger partial charge on any atom is 0.0209 e. The van der Waals surface area contributed by atoms with Gasteiger partial charge >= 0.3 is 0 Å². The number of hydrogen-bond acceptors (Lipinski definition) is 1. The predicted molar refractivity (Wildman–Crippen MR) is 47.9 cm³/mol. The molecule has 1 aliphatic carbocycles. The Labute approximate surface area is 72.8 Å². The second-order valence-corrected chi connectivity index (χ2v) is 3.97. The molecule has 1 spiro atoms. The van der Waals surface area contributed by atoms with Gasteiger partial charge in [-0.3, -0.25) is 0 Å². The lowest BCUT2D eigenvalue weighted by atomic mass is 9.88. The van der Waals surface area contributed by atoms with Crippen molar-refractivity contribution in [2.45, 2.75) is 24.8 Å². The van der Waals surface area contributed by atoms with Gasteiger partial charge in [0.05, 0.1) is 0 Å². The first-order valence-corrected chi connectivity index (χ1v) is 4.61. The monoisotopic (exact) mass is 158 g/mol. The van der Waals surface area contributed by atoms with Crippen molar-refractivity contribution in [3.05, 3.63) is 35.4 Å². The molecule has 1 heteroatoms. The number of benzene rings is 1. The molecule has 1 fully saturated rings. The Bertz CT molecular complexity index is 313. The molecule has 1 aromatic rings. The largest absolute Gasteiger partial charge is 0.312 e. The van der Waals surface area contributed by atoms with Crippen LogP contribution in [0.25, 0.3) is 0 Å². The van der Waals surface area contributed by atoms with Crippen LogP contribution in [0.15, 0.2) is 18.2 Å². The number of hydrogen-bond donors (Lipinski definition) is 1. The molecule has 0 bridgehead atoms. The van der Waals surface area contributed by atoms with E-state index in [1.165, 1.54) is 24.9 Å². The first-order chi connectivity index (χ1) is 5.91. The molecule has 1 saturated carbocycles. The molecule has 1 N–H and O–H groups in total. The van der Waals surface area contributed by atoms with E-state index in [4.69, 9.17) is 0 Å². The zero-order valence-corrected chi connectivity index (χ0v) is 7.06. The third-order valence-corrected chi connectivity index (χ3v) is 3.15. The van der Waals surface area contributed by atoms with E-state index in [1.807, 2.05) is 6.07 Å². The van der Waals surface area contributed by atoms with Crippen molar-refractivity contribution < 1.29 is 0 Å². The van der Waals surface area contributed by atoms with Gasteiger partial charge in [0, 0.05) is 18.5 Å². The van der Waals surface area contributed by atoms with Crippen LogP contribution in [0.3, 0.4) is 0 Å². The van der Waals surface area contributed by atoms with Gasteiger partial charge in [-0.25, -0.2) is 0 Å². The summed E-state index contributed by atoms with van der Waals surface area (Å²) < 4.78 is 0. The fourth-order valence-electron chi connectivity index (χ4n) is 2.26. The van der Waals surface area contributed by atoms with Gasteiger partial charge in [-0.15, -0.1) is 0 Å². The van der Waals surface area contributed by atoms with Crippen LogP contribution < -0.4 is 5.32 Å². The third kappa shape index (κ3) is 0.774. The van der Waals surface area contributed by atoms with Crippen molar-refractivity contribution in [2.24, 2.45) is 0 Å². The minimum atomic E-state index is 0.530. The lowest BCUT2D eigenvalue weighted by molar-refractivity contribution is 0.531. The highest BCUT2D eigenvalue weighted by Gasteiger charge is 2.46. The Hall–Kier alpha value is -0.820. The van der Waals surface area contributed by atoms with Gasteiger partial charge in [0.2, 0.25) is 0 Å². The Morgan fingerprint density at radius 3 is 3.17 bits per heavy atom. The highest BCUT2D eigenvalue weighted by atomic mass is 14.9. The average molecular weight is 158 g/mol. The number of nitrogens with one attached hydrogen (secondary N) is 1. The minimum Gasteiger partial charge on any atom is -0.312 e. The van der Waals surface area contributed by atoms with E-state index in [0.717, 1.165) is 6.54 Å². The lowest BCUT2D eigenvalue weighted by Crippen LogP contribution is -2.33. The van der Waals surface area contributed by atoms with E-state index in [-0.39, 0.29) is 0 Å². The lowest BCUT2D eigenvalue weighted by Gasteiger charge is -2.25. The Morgan fingerprint density at radius 1 is 1.42 bits per heavy atom. The minimum absolute atomic E-state index is 0.530. The van der Waals surface area contributed by atoms with Crippen LogP contribution in [0.2, 0.25) is 0 Å². The summed E-state index contributed by atoms with van der Waals surface area (Å²) in [7, 11) is 0. The van der Waals surface area contributed by atoms with Crippen LogP contribution in [0, 0.1) is 6.07 Å². The summed E-state index contributed by atoms with van der Waals surface area (Å²) in [6.45, 7) is 2.22. The maximum atomic E-state index is 3.47.